The van der Waals surface area contributed by atoms with Gasteiger partial charge in [-0.3, -0.25) is 0 Å². The summed E-state index contributed by atoms with van der Waals surface area (Å²) in [5.41, 5.74) is -3.82. The van der Waals surface area contributed by atoms with E-state index in [1.165, 1.54) is 16.7 Å². The third kappa shape index (κ3) is 2.87. The lowest BCUT2D eigenvalue weighted by Gasteiger charge is -2.07. The Kier molecular flexibility index (Phi) is 3.62. The molecule has 4 nitrogen and oxygen atoms in total. The molecule has 0 aliphatic rings. The molecule has 110 valence electrons. The number of hydrogen-bond acceptors (Lipinski definition) is 5. The van der Waals surface area contributed by atoms with Gasteiger partial charge in [-0.1, -0.05) is 0 Å². The van der Waals surface area contributed by atoms with Crippen LogP contribution in [0.3, 0.4) is 0 Å². The number of rotatable bonds is 2. The molecular formula is C11H4BrF3N2O2S2. The van der Waals surface area contributed by atoms with E-state index in [9.17, 15) is 18.0 Å². The van der Waals surface area contributed by atoms with Crippen molar-refractivity contribution in [2.45, 2.75) is 10.5 Å². The molecule has 0 saturated heterocycles. The quantitative estimate of drug-likeness (QED) is 0.602. The van der Waals surface area contributed by atoms with Crippen molar-refractivity contribution in [2.24, 2.45) is 0 Å². The second-order valence-corrected chi connectivity index (χ2v) is 6.47. The molecule has 3 aromatic rings. The molecular weight excluding hydrogens is 393 g/mol. The van der Waals surface area contributed by atoms with Crippen molar-refractivity contribution >= 4 is 44.7 Å². The molecule has 0 amide bonds. The van der Waals surface area contributed by atoms with Gasteiger partial charge in [0.2, 0.25) is 5.89 Å². The van der Waals surface area contributed by atoms with Crippen LogP contribution in [0.2, 0.25) is 0 Å². The molecule has 21 heavy (non-hydrogen) atoms. The number of fused-ring (bicyclic) bond motifs is 1. The van der Waals surface area contributed by atoms with Crippen molar-refractivity contribution in [1.29, 1.82) is 0 Å². The minimum absolute atomic E-state index is 0.104. The maximum atomic E-state index is 12.8. The second kappa shape index (κ2) is 5.18. The molecule has 3 aromatic heterocycles. The Morgan fingerprint density at radius 1 is 1.43 bits per heavy atom. The van der Waals surface area contributed by atoms with Gasteiger partial charge in [-0.15, -0.1) is 4.37 Å². The zero-order chi connectivity index (χ0) is 15.2. The minimum Gasteiger partial charge on any atom is -0.394 e. The number of thioether (sulfide) groups is 1. The zero-order valence-electron chi connectivity index (χ0n) is 9.85. The summed E-state index contributed by atoms with van der Waals surface area (Å²) in [6.07, 6.45) is 1.50. The number of pyridine rings is 1. The van der Waals surface area contributed by atoms with Crippen molar-refractivity contribution in [3.8, 4) is 11.5 Å². The van der Waals surface area contributed by atoms with Gasteiger partial charge in [0.25, 0.3) is 0 Å². The van der Waals surface area contributed by atoms with Gasteiger partial charge in [0, 0.05) is 22.4 Å². The fraction of sp³-hybridized carbons (Fsp3) is 0.0909. The standard InChI is InChI=1S/C11H4BrF3N2O2S2/c12-6-2-1-3-17-7(6)4-5(8-16-21-10(18)19-8)9(17)20-11(13,14)15/h1-4H. The molecule has 3 heterocycles. The molecule has 0 fully saturated rings. The van der Waals surface area contributed by atoms with Crippen LogP contribution in [0.5, 0.6) is 0 Å². The van der Waals surface area contributed by atoms with E-state index < -0.39 is 10.4 Å². The summed E-state index contributed by atoms with van der Waals surface area (Å²) >= 11 is 3.56. The van der Waals surface area contributed by atoms with E-state index in [1.807, 2.05) is 0 Å². The third-order valence-corrected chi connectivity index (χ3v) is 4.54. The number of hydrogen-bond donors (Lipinski definition) is 0. The Hall–Kier alpha value is -1.26. The number of halogens is 4. The largest absolute Gasteiger partial charge is 0.447 e. The third-order valence-electron chi connectivity index (χ3n) is 2.54. The molecule has 0 unspecified atom stereocenters. The predicted octanol–water partition coefficient (Wildman–Crippen LogP) is 4.39. The first-order valence-electron chi connectivity index (χ1n) is 5.37. The van der Waals surface area contributed by atoms with Gasteiger partial charge >= 0.3 is 10.4 Å². The van der Waals surface area contributed by atoms with Gasteiger partial charge in [0.1, 0.15) is 5.03 Å². The Balaban J connectivity index is 2.29. The van der Waals surface area contributed by atoms with Crippen LogP contribution in [0.25, 0.3) is 17.0 Å². The molecule has 3 rings (SSSR count). The number of aromatic nitrogens is 2. The highest BCUT2D eigenvalue weighted by atomic mass is 79.9. The van der Waals surface area contributed by atoms with Gasteiger partial charge in [0.05, 0.1) is 22.6 Å². The molecule has 0 aliphatic carbocycles. The lowest BCUT2D eigenvalue weighted by atomic mass is 10.3. The van der Waals surface area contributed by atoms with Gasteiger partial charge in [-0.25, -0.2) is 4.79 Å². The van der Waals surface area contributed by atoms with Crippen molar-refractivity contribution in [3.05, 3.63) is 38.6 Å². The van der Waals surface area contributed by atoms with Gasteiger partial charge in [-0.2, -0.15) is 13.2 Å². The molecule has 0 atom stereocenters. The summed E-state index contributed by atoms with van der Waals surface area (Å²) in [6.45, 7) is 0. The van der Waals surface area contributed by atoms with Crippen molar-refractivity contribution < 1.29 is 17.6 Å². The normalized spacial score (nSPS) is 12.2. The van der Waals surface area contributed by atoms with Crippen LogP contribution in [-0.4, -0.2) is 14.3 Å². The van der Waals surface area contributed by atoms with E-state index in [0.29, 0.717) is 21.5 Å². The van der Waals surface area contributed by atoms with Gasteiger partial charge < -0.3 is 8.82 Å². The minimum atomic E-state index is -4.47. The maximum Gasteiger partial charge on any atom is 0.447 e. The topological polar surface area (TPSA) is 47.5 Å². The SMILES string of the molecule is O=c1oc(-c2cc3c(Br)cccn3c2SC(F)(F)F)ns1. The first kappa shape index (κ1) is 14.7. The van der Waals surface area contributed by atoms with E-state index in [-0.39, 0.29) is 28.2 Å². The molecule has 10 heteroatoms. The van der Waals surface area contributed by atoms with Crippen molar-refractivity contribution in [3.63, 3.8) is 0 Å². The van der Waals surface area contributed by atoms with Crippen LogP contribution in [0.15, 0.2) is 43.1 Å². The van der Waals surface area contributed by atoms with E-state index in [2.05, 4.69) is 20.3 Å². The predicted molar refractivity (Wildman–Crippen MR) is 76.7 cm³/mol. The van der Waals surface area contributed by atoms with Crippen molar-refractivity contribution in [2.75, 3.05) is 0 Å². The van der Waals surface area contributed by atoms with Gasteiger partial charge in [-0.05, 0) is 34.1 Å². The Bertz CT molecular complexity index is 868. The van der Waals surface area contributed by atoms with E-state index >= 15 is 0 Å². The van der Waals surface area contributed by atoms with Crippen molar-refractivity contribution in [1.82, 2.24) is 8.77 Å². The smallest absolute Gasteiger partial charge is 0.394 e. The average molecular weight is 397 g/mol. The van der Waals surface area contributed by atoms with Crippen LogP contribution in [0.1, 0.15) is 0 Å². The van der Waals surface area contributed by atoms with Gasteiger partial charge in [0.15, 0.2) is 0 Å². The highest BCUT2D eigenvalue weighted by Gasteiger charge is 2.33. The maximum absolute atomic E-state index is 12.8. The summed E-state index contributed by atoms with van der Waals surface area (Å²) in [5, 5.41) is -0.104. The van der Waals surface area contributed by atoms with E-state index in [1.54, 1.807) is 12.1 Å². The highest BCUT2D eigenvalue weighted by molar-refractivity contribution is 9.10. The van der Waals surface area contributed by atoms with Crippen LogP contribution < -0.4 is 4.94 Å². The van der Waals surface area contributed by atoms with Crippen LogP contribution in [0.4, 0.5) is 13.2 Å². The van der Waals surface area contributed by atoms with E-state index in [0.717, 1.165) is 0 Å². The summed E-state index contributed by atoms with van der Waals surface area (Å²) in [6, 6.07) is 4.81. The number of alkyl halides is 3. The Morgan fingerprint density at radius 2 is 2.19 bits per heavy atom. The zero-order valence-corrected chi connectivity index (χ0v) is 13.1. The molecule has 0 aromatic carbocycles. The molecule has 0 saturated carbocycles. The summed E-state index contributed by atoms with van der Waals surface area (Å²) in [7, 11) is 0. The van der Waals surface area contributed by atoms with E-state index in [4.69, 9.17) is 4.42 Å². The van der Waals surface area contributed by atoms with Crippen LogP contribution in [0, 0.1) is 0 Å². The molecule has 0 radical (unpaired) electrons. The molecule has 0 N–H and O–H groups in total. The molecule has 0 spiro atoms. The highest BCUT2D eigenvalue weighted by Crippen LogP contribution is 2.43. The van der Waals surface area contributed by atoms with Crippen LogP contribution >= 0.6 is 39.2 Å². The lowest BCUT2D eigenvalue weighted by molar-refractivity contribution is -0.0329. The fourth-order valence-electron chi connectivity index (χ4n) is 1.80. The Morgan fingerprint density at radius 3 is 2.81 bits per heavy atom. The summed E-state index contributed by atoms with van der Waals surface area (Å²) in [5.74, 6) is -0.118. The lowest BCUT2D eigenvalue weighted by Crippen LogP contribution is -2.01. The first-order chi connectivity index (χ1) is 9.85. The molecule has 0 bridgehead atoms. The monoisotopic (exact) mass is 396 g/mol. The molecule has 0 aliphatic heterocycles. The fourth-order valence-corrected chi connectivity index (χ4v) is 3.40. The summed E-state index contributed by atoms with van der Waals surface area (Å²) < 4.78 is 48.9. The first-order valence-corrected chi connectivity index (χ1v) is 7.76. The second-order valence-electron chi connectivity index (χ2n) is 3.86. The number of nitrogens with zero attached hydrogens (tertiary/aromatic N) is 2. The summed E-state index contributed by atoms with van der Waals surface area (Å²) in [4.78, 5) is 10.4. The Labute approximate surface area is 131 Å². The average Bonchev–Trinajstić information content (AvgIpc) is 2.94. The van der Waals surface area contributed by atoms with Crippen LogP contribution in [-0.2, 0) is 0 Å².